The van der Waals surface area contributed by atoms with Crippen LogP contribution in [0.15, 0.2) is 129 Å². The Balaban J connectivity index is 1.12. The summed E-state index contributed by atoms with van der Waals surface area (Å²) in [5.41, 5.74) is 12.9. The molecular formula is C38H37N5O2. The molecule has 7 rings (SSSR count). The Kier molecular flexibility index (Phi) is 8.19. The number of hydrogen-bond acceptors (Lipinski definition) is 7. The highest BCUT2D eigenvalue weighted by Crippen LogP contribution is 2.43. The predicted molar refractivity (Wildman–Crippen MR) is 179 cm³/mol. The van der Waals surface area contributed by atoms with E-state index in [1.54, 1.807) is 7.05 Å². The first-order valence-electron chi connectivity index (χ1n) is 15.6. The monoisotopic (exact) mass is 595 g/mol. The molecule has 4 aliphatic rings. The van der Waals surface area contributed by atoms with Crippen molar-refractivity contribution in [1.29, 1.82) is 5.26 Å². The molecule has 3 aliphatic carbocycles. The smallest absolute Gasteiger partial charge is 0.199 e. The van der Waals surface area contributed by atoms with Gasteiger partial charge in [0.25, 0.3) is 0 Å². The van der Waals surface area contributed by atoms with Crippen LogP contribution in [0.1, 0.15) is 42.1 Å². The van der Waals surface area contributed by atoms with Gasteiger partial charge < -0.3 is 20.2 Å². The molecule has 2 heterocycles. The number of nitrogens with one attached hydrogen (secondary N) is 2. The van der Waals surface area contributed by atoms with Crippen LogP contribution >= 0.6 is 0 Å². The number of nitrogens with two attached hydrogens (primary N) is 1. The summed E-state index contributed by atoms with van der Waals surface area (Å²) in [5.74, 6) is 2.44. The zero-order valence-corrected chi connectivity index (χ0v) is 25.3. The zero-order valence-electron chi connectivity index (χ0n) is 25.3. The summed E-state index contributed by atoms with van der Waals surface area (Å²) in [6.45, 7) is 0. The molecule has 0 bridgehead atoms. The summed E-state index contributed by atoms with van der Waals surface area (Å²) >= 11 is 0. The highest BCUT2D eigenvalue weighted by atomic mass is 16.5. The van der Waals surface area contributed by atoms with Crippen molar-refractivity contribution >= 4 is 22.9 Å². The summed E-state index contributed by atoms with van der Waals surface area (Å²) in [6, 6.07) is 20.6. The number of allylic oxidation sites excluding steroid dienone is 7. The van der Waals surface area contributed by atoms with Gasteiger partial charge in [-0.15, -0.1) is 0 Å². The van der Waals surface area contributed by atoms with Gasteiger partial charge in [0.2, 0.25) is 0 Å². The van der Waals surface area contributed by atoms with Crippen LogP contribution in [0.3, 0.4) is 0 Å². The predicted octanol–water partition coefficient (Wildman–Crippen LogP) is 6.61. The Labute approximate surface area is 263 Å². The van der Waals surface area contributed by atoms with E-state index in [0.29, 0.717) is 6.42 Å². The number of benzene rings is 2. The fraction of sp³-hybridized carbons (Fsp3) is 0.263. The van der Waals surface area contributed by atoms with Crippen molar-refractivity contribution in [1.82, 2.24) is 10.6 Å². The minimum absolute atomic E-state index is 0.0292. The summed E-state index contributed by atoms with van der Waals surface area (Å²) in [6.07, 6.45) is 21.0. The maximum absolute atomic E-state index is 9.31. The van der Waals surface area contributed by atoms with Crippen molar-refractivity contribution in [3.05, 3.63) is 137 Å². The minimum Gasteiger partial charge on any atom is -0.460 e. The molecule has 1 aliphatic heterocycles. The number of rotatable bonds is 8. The van der Waals surface area contributed by atoms with Crippen LogP contribution in [0.2, 0.25) is 0 Å². The van der Waals surface area contributed by atoms with Crippen molar-refractivity contribution in [2.45, 2.75) is 43.7 Å². The molecule has 4 N–H and O–H groups in total. The van der Waals surface area contributed by atoms with Gasteiger partial charge in [-0.05, 0) is 49.6 Å². The van der Waals surface area contributed by atoms with Gasteiger partial charge in [0.1, 0.15) is 29.5 Å². The largest absolute Gasteiger partial charge is 0.460 e. The summed E-state index contributed by atoms with van der Waals surface area (Å²) < 4.78 is 12.1. The average Bonchev–Trinajstić information content (AvgIpc) is 3.50. The standard InChI is InChI=1S/C38H37N5O2/c1-41-35(23-39)45-37(40)28-12-7-11-27(21-28)33-22-32(42-38(43-33)26-9-3-2-4-10-26)25-19-17-24(18-20-25)29-14-8-15-31-30-13-5-6-16-34(30)44-36(29)31/h2-13,15-19,22,25,27,29,32,35,37,41H,14,20-21,40H2,1H3,(H,42,43). The van der Waals surface area contributed by atoms with Gasteiger partial charge in [0.15, 0.2) is 6.23 Å². The molecule has 45 heavy (non-hydrogen) atoms. The first kappa shape index (κ1) is 29.0. The number of fused-ring (bicyclic) bond motifs is 3. The Morgan fingerprint density at radius 1 is 1.09 bits per heavy atom. The molecule has 7 nitrogen and oxygen atoms in total. The van der Waals surface area contributed by atoms with E-state index in [1.165, 1.54) is 16.5 Å². The Morgan fingerprint density at radius 2 is 1.93 bits per heavy atom. The third kappa shape index (κ3) is 5.88. The molecule has 6 unspecified atom stereocenters. The lowest BCUT2D eigenvalue weighted by Gasteiger charge is -2.32. The Bertz CT molecular complexity index is 1830. The summed E-state index contributed by atoms with van der Waals surface area (Å²) in [4.78, 5) is 5.23. The molecule has 6 atom stereocenters. The van der Waals surface area contributed by atoms with Gasteiger partial charge in [0.05, 0.1) is 6.04 Å². The zero-order chi connectivity index (χ0) is 30.8. The van der Waals surface area contributed by atoms with E-state index < -0.39 is 12.5 Å². The fourth-order valence-electron chi connectivity index (χ4n) is 6.68. The van der Waals surface area contributed by atoms with E-state index in [1.807, 2.05) is 36.4 Å². The normalized spacial score (nSPS) is 25.3. The van der Waals surface area contributed by atoms with Crippen LogP contribution in [0.4, 0.5) is 0 Å². The lowest BCUT2D eigenvalue weighted by Crippen LogP contribution is -2.39. The van der Waals surface area contributed by atoms with Crippen molar-refractivity contribution in [2.75, 3.05) is 7.05 Å². The second-order valence-corrected chi connectivity index (χ2v) is 11.9. The van der Waals surface area contributed by atoms with Gasteiger partial charge in [0, 0.05) is 40.0 Å². The first-order valence-corrected chi connectivity index (χ1v) is 15.6. The maximum Gasteiger partial charge on any atom is 0.199 e. The molecule has 1 aromatic heterocycles. The number of aliphatic imine (C=N–C) groups is 1. The van der Waals surface area contributed by atoms with E-state index in [4.69, 9.17) is 19.9 Å². The molecule has 0 spiro atoms. The lowest BCUT2D eigenvalue weighted by molar-refractivity contribution is 0.0259. The number of ether oxygens (including phenoxy) is 1. The summed E-state index contributed by atoms with van der Waals surface area (Å²) in [7, 11) is 1.68. The Hall–Kier alpha value is -4.74. The summed E-state index contributed by atoms with van der Waals surface area (Å²) in [5, 5.41) is 17.0. The molecule has 2 aromatic carbocycles. The van der Waals surface area contributed by atoms with E-state index in [0.717, 1.165) is 46.9 Å². The van der Waals surface area contributed by atoms with Gasteiger partial charge in [-0.3, -0.25) is 10.3 Å². The molecule has 0 radical (unpaired) electrons. The van der Waals surface area contributed by atoms with E-state index >= 15 is 0 Å². The topological polar surface area (TPSA) is 109 Å². The number of nitrogens with zero attached hydrogens (tertiary/aromatic N) is 2. The van der Waals surface area contributed by atoms with E-state index in [-0.39, 0.29) is 23.8 Å². The van der Waals surface area contributed by atoms with Gasteiger partial charge >= 0.3 is 0 Å². The highest BCUT2D eigenvalue weighted by molar-refractivity contribution is 6.00. The van der Waals surface area contributed by atoms with Crippen LogP contribution < -0.4 is 16.4 Å². The van der Waals surface area contributed by atoms with Crippen LogP contribution in [-0.2, 0) is 4.74 Å². The number of furan rings is 1. The first-order chi connectivity index (χ1) is 22.1. The minimum atomic E-state index is -0.766. The van der Waals surface area contributed by atoms with E-state index in [9.17, 15) is 5.26 Å². The third-order valence-electron chi connectivity index (χ3n) is 9.11. The number of amidine groups is 1. The second kappa shape index (κ2) is 12.7. The fourth-order valence-corrected chi connectivity index (χ4v) is 6.68. The van der Waals surface area contributed by atoms with Crippen molar-refractivity contribution in [2.24, 2.45) is 22.6 Å². The number of nitriles is 1. The highest BCUT2D eigenvalue weighted by Gasteiger charge is 2.31. The number of para-hydroxylation sites is 1. The lowest BCUT2D eigenvalue weighted by atomic mass is 9.80. The van der Waals surface area contributed by atoms with Gasteiger partial charge in [-0.1, -0.05) is 97.1 Å². The molecular weight excluding hydrogens is 558 g/mol. The van der Waals surface area contributed by atoms with Gasteiger partial charge in [-0.2, -0.15) is 5.26 Å². The van der Waals surface area contributed by atoms with Crippen molar-refractivity contribution in [3.63, 3.8) is 0 Å². The third-order valence-corrected chi connectivity index (χ3v) is 9.11. The van der Waals surface area contributed by atoms with Crippen LogP contribution in [0.5, 0.6) is 0 Å². The maximum atomic E-state index is 9.31. The average molecular weight is 596 g/mol. The quantitative estimate of drug-likeness (QED) is 0.253. The SMILES string of the molecule is CNC(C#N)OC(N)C1=CC=CC(C2=CC(C3C=CC(C4CC=Cc5c4oc4ccccc54)=CC3)N=C(c3ccccc3)N2)C1. The van der Waals surface area contributed by atoms with E-state index in [2.05, 4.69) is 89.6 Å². The van der Waals surface area contributed by atoms with Crippen LogP contribution in [0.25, 0.3) is 17.0 Å². The molecule has 3 aromatic rings. The molecule has 0 saturated heterocycles. The molecule has 0 saturated carbocycles. The molecule has 226 valence electrons. The van der Waals surface area contributed by atoms with Crippen molar-refractivity contribution in [3.8, 4) is 6.07 Å². The van der Waals surface area contributed by atoms with Crippen LogP contribution in [0, 0.1) is 23.2 Å². The number of hydrogen-bond donors (Lipinski definition) is 3. The molecule has 0 fully saturated rings. The van der Waals surface area contributed by atoms with Crippen LogP contribution in [-0.4, -0.2) is 31.4 Å². The molecule has 0 amide bonds. The second-order valence-electron chi connectivity index (χ2n) is 11.9. The Morgan fingerprint density at radius 3 is 2.73 bits per heavy atom. The van der Waals surface area contributed by atoms with Crippen molar-refractivity contribution < 1.29 is 9.15 Å². The molecule has 7 heteroatoms. The van der Waals surface area contributed by atoms with Gasteiger partial charge in [-0.25, -0.2) is 0 Å².